The molecule has 1 N–H and O–H groups in total. The summed E-state index contributed by atoms with van der Waals surface area (Å²) < 4.78 is 0. The molecule has 76 valence electrons. The molecule has 0 saturated carbocycles. The van der Waals surface area contributed by atoms with Gasteiger partial charge in [0.2, 0.25) is 0 Å². The van der Waals surface area contributed by atoms with Gasteiger partial charge in [-0.05, 0) is 32.6 Å². The summed E-state index contributed by atoms with van der Waals surface area (Å²) in [5.41, 5.74) is 0. The van der Waals surface area contributed by atoms with E-state index in [9.17, 15) is 4.79 Å². The minimum absolute atomic E-state index is 0.0987. The van der Waals surface area contributed by atoms with Crippen LogP contribution in [0, 0.1) is 5.92 Å². The molecule has 0 spiro atoms. The zero-order valence-corrected chi connectivity index (χ0v) is 8.84. The molecule has 0 aliphatic carbocycles. The molecule has 1 fully saturated rings. The van der Waals surface area contributed by atoms with Crippen molar-refractivity contribution in [3.8, 4) is 0 Å². The van der Waals surface area contributed by atoms with Gasteiger partial charge in [0.25, 0.3) is 0 Å². The summed E-state index contributed by atoms with van der Waals surface area (Å²) in [7, 11) is 0. The molecule has 13 heavy (non-hydrogen) atoms. The van der Waals surface area contributed by atoms with E-state index in [4.69, 9.17) is 0 Å². The van der Waals surface area contributed by atoms with Crippen molar-refractivity contribution < 1.29 is 4.79 Å². The lowest BCUT2D eigenvalue weighted by molar-refractivity contribution is 0.137. The third-order valence-corrected chi connectivity index (χ3v) is 2.71. The van der Waals surface area contributed by atoms with E-state index in [1.54, 1.807) is 0 Å². The lowest BCUT2D eigenvalue weighted by Crippen LogP contribution is -2.49. The standard InChI is InChI=1S/C10H20N2O/c1-4-11-10(13)12-7-8(2)5-6-9(12)3/h8-9H,4-7H2,1-3H3,(H,11,13). The van der Waals surface area contributed by atoms with Crippen molar-refractivity contribution in [1.82, 2.24) is 10.2 Å². The number of rotatable bonds is 1. The number of hydrogen-bond donors (Lipinski definition) is 1. The van der Waals surface area contributed by atoms with E-state index in [0.717, 1.165) is 19.5 Å². The summed E-state index contributed by atoms with van der Waals surface area (Å²) >= 11 is 0. The molecule has 2 unspecified atom stereocenters. The van der Waals surface area contributed by atoms with Crippen LogP contribution in [0.3, 0.4) is 0 Å². The van der Waals surface area contributed by atoms with Crippen molar-refractivity contribution in [3.05, 3.63) is 0 Å². The van der Waals surface area contributed by atoms with E-state index in [1.165, 1.54) is 6.42 Å². The predicted octanol–water partition coefficient (Wildman–Crippen LogP) is 1.84. The maximum Gasteiger partial charge on any atom is 0.317 e. The van der Waals surface area contributed by atoms with Crippen molar-refractivity contribution in [2.24, 2.45) is 5.92 Å². The molecule has 1 aliphatic heterocycles. The maximum absolute atomic E-state index is 11.6. The molecule has 1 saturated heterocycles. The number of likely N-dealkylation sites (tertiary alicyclic amines) is 1. The first-order valence-corrected chi connectivity index (χ1v) is 5.19. The summed E-state index contributed by atoms with van der Waals surface area (Å²) in [6, 6.07) is 0.504. The number of carbonyl (C=O) groups is 1. The molecule has 0 bridgehead atoms. The largest absolute Gasteiger partial charge is 0.338 e. The van der Waals surface area contributed by atoms with Crippen molar-refractivity contribution in [2.75, 3.05) is 13.1 Å². The van der Waals surface area contributed by atoms with Crippen LogP contribution >= 0.6 is 0 Å². The Balaban J connectivity index is 2.50. The van der Waals surface area contributed by atoms with Crippen LogP contribution in [-0.2, 0) is 0 Å². The minimum atomic E-state index is 0.0987. The van der Waals surface area contributed by atoms with E-state index < -0.39 is 0 Å². The Morgan fingerprint density at radius 1 is 1.46 bits per heavy atom. The average molecular weight is 184 g/mol. The van der Waals surface area contributed by atoms with Crippen LogP contribution in [0.1, 0.15) is 33.6 Å². The summed E-state index contributed by atoms with van der Waals surface area (Å²) in [6.07, 6.45) is 2.38. The quantitative estimate of drug-likeness (QED) is 0.662. The Kier molecular flexibility index (Phi) is 3.58. The van der Waals surface area contributed by atoms with Gasteiger partial charge < -0.3 is 10.2 Å². The number of nitrogens with zero attached hydrogens (tertiary/aromatic N) is 1. The molecule has 3 nitrogen and oxygen atoms in total. The Morgan fingerprint density at radius 3 is 2.77 bits per heavy atom. The molecule has 1 rings (SSSR count). The van der Waals surface area contributed by atoms with Gasteiger partial charge in [-0.3, -0.25) is 0 Å². The van der Waals surface area contributed by atoms with Crippen LogP contribution in [0.25, 0.3) is 0 Å². The third-order valence-electron chi connectivity index (χ3n) is 2.71. The number of amides is 2. The van der Waals surface area contributed by atoms with Crippen molar-refractivity contribution in [1.29, 1.82) is 0 Å². The second kappa shape index (κ2) is 4.49. The Labute approximate surface area is 80.5 Å². The average Bonchev–Trinajstić information content (AvgIpc) is 2.09. The van der Waals surface area contributed by atoms with Gasteiger partial charge in [0.05, 0.1) is 0 Å². The highest BCUT2D eigenvalue weighted by Gasteiger charge is 2.26. The zero-order chi connectivity index (χ0) is 9.84. The van der Waals surface area contributed by atoms with Crippen LogP contribution in [0.4, 0.5) is 4.79 Å². The van der Waals surface area contributed by atoms with Gasteiger partial charge >= 0.3 is 6.03 Å². The van der Waals surface area contributed by atoms with Crippen LogP contribution in [0.5, 0.6) is 0 Å². The Hall–Kier alpha value is -0.730. The van der Waals surface area contributed by atoms with E-state index >= 15 is 0 Å². The van der Waals surface area contributed by atoms with Gasteiger partial charge in [-0.1, -0.05) is 6.92 Å². The van der Waals surface area contributed by atoms with Crippen molar-refractivity contribution >= 4 is 6.03 Å². The number of urea groups is 1. The lowest BCUT2D eigenvalue weighted by Gasteiger charge is -2.36. The highest BCUT2D eigenvalue weighted by molar-refractivity contribution is 5.74. The molecule has 2 atom stereocenters. The molecular weight excluding hydrogens is 164 g/mol. The van der Waals surface area contributed by atoms with E-state index in [0.29, 0.717) is 12.0 Å². The van der Waals surface area contributed by atoms with Crippen LogP contribution in [-0.4, -0.2) is 30.1 Å². The van der Waals surface area contributed by atoms with E-state index in [2.05, 4.69) is 19.2 Å². The number of carbonyl (C=O) groups excluding carboxylic acids is 1. The highest BCUT2D eigenvalue weighted by Crippen LogP contribution is 2.20. The molecule has 0 aromatic carbocycles. The Bertz CT molecular complexity index is 182. The predicted molar refractivity (Wildman–Crippen MR) is 53.6 cm³/mol. The monoisotopic (exact) mass is 184 g/mol. The zero-order valence-electron chi connectivity index (χ0n) is 8.84. The fraction of sp³-hybridized carbons (Fsp3) is 0.900. The smallest absolute Gasteiger partial charge is 0.317 e. The Morgan fingerprint density at radius 2 is 2.15 bits per heavy atom. The second-order valence-corrected chi connectivity index (χ2v) is 4.02. The normalized spacial score (nSPS) is 28.7. The van der Waals surface area contributed by atoms with Gasteiger partial charge in [-0.2, -0.15) is 0 Å². The first-order chi connectivity index (χ1) is 6.15. The maximum atomic E-state index is 11.6. The molecule has 0 aromatic heterocycles. The van der Waals surface area contributed by atoms with Crippen molar-refractivity contribution in [3.63, 3.8) is 0 Å². The molecule has 1 aliphatic rings. The molecular formula is C10H20N2O. The van der Waals surface area contributed by atoms with Gasteiger partial charge in [-0.15, -0.1) is 0 Å². The van der Waals surface area contributed by atoms with Gasteiger partial charge in [-0.25, -0.2) is 4.79 Å². The minimum Gasteiger partial charge on any atom is -0.338 e. The molecule has 1 heterocycles. The third kappa shape index (κ3) is 2.61. The highest BCUT2D eigenvalue weighted by atomic mass is 16.2. The summed E-state index contributed by atoms with van der Waals surface area (Å²) in [6.45, 7) is 7.92. The number of nitrogens with one attached hydrogen (secondary N) is 1. The van der Waals surface area contributed by atoms with Gasteiger partial charge in [0.1, 0.15) is 0 Å². The SMILES string of the molecule is CCNC(=O)N1CC(C)CCC1C. The second-order valence-electron chi connectivity index (χ2n) is 4.02. The molecule has 0 aromatic rings. The lowest BCUT2D eigenvalue weighted by atomic mass is 9.95. The van der Waals surface area contributed by atoms with E-state index in [-0.39, 0.29) is 6.03 Å². The van der Waals surface area contributed by atoms with Crippen LogP contribution in [0.15, 0.2) is 0 Å². The molecule has 2 amide bonds. The molecule has 0 radical (unpaired) electrons. The van der Waals surface area contributed by atoms with Gasteiger partial charge in [0.15, 0.2) is 0 Å². The first kappa shape index (κ1) is 10.4. The van der Waals surface area contributed by atoms with E-state index in [1.807, 2.05) is 11.8 Å². The van der Waals surface area contributed by atoms with Crippen LogP contribution in [0.2, 0.25) is 0 Å². The fourth-order valence-corrected chi connectivity index (χ4v) is 1.82. The first-order valence-electron chi connectivity index (χ1n) is 5.19. The van der Waals surface area contributed by atoms with Crippen molar-refractivity contribution in [2.45, 2.75) is 39.7 Å². The number of hydrogen-bond acceptors (Lipinski definition) is 1. The van der Waals surface area contributed by atoms with Crippen LogP contribution < -0.4 is 5.32 Å². The summed E-state index contributed by atoms with van der Waals surface area (Å²) in [5.74, 6) is 0.652. The number of piperidine rings is 1. The molecule has 3 heteroatoms. The van der Waals surface area contributed by atoms with Gasteiger partial charge in [0, 0.05) is 19.1 Å². The topological polar surface area (TPSA) is 32.3 Å². The summed E-state index contributed by atoms with van der Waals surface area (Å²) in [4.78, 5) is 13.5. The summed E-state index contributed by atoms with van der Waals surface area (Å²) in [5, 5.41) is 2.85. The fourth-order valence-electron chi connectivity index (χ4n) is 1.82.